The van der Waals surface area contributed by atoms with Gasteiger partial charge in [0.05, 0.1) is 41.4 Å². The van der Waals surface area contributed by atoms with Crippen LogP contribution in [0.1, 0.15) is 18.9 Å². The normalized spacial score (nSPS) is 24.9. The van der Waals surface area contributed by atoms with Gasteiger partial charge in [-0.1, -0.05) is 75.8 Å². The topological polar surface area (TPSA) is 121 Å². The van der Waals surface area contributed by atoms with Gasteiger partial charge in [-0.25, -0.2) is 4.68 Å². The molecule has 7 atom stereocenters. The summed E-state index contributed by atoms with van der Waals surface area (Å²) >= 11 is 5.47. The number of fused-ring (bicyclic) bond motifs is 2. The van der Waals surface area contributed by atoms with Crippen molar-refractivity contribution in [3.05, 3.63) is 110 Å². The van der Waals surface area contributed by atoms with Gasteiger partial charge in [-0.05, 0) is 61.7 Å². The molecule has 3 aliphatic rings. The number of alkyl halides is 1. The Morgan fingerprint density at radius 2 is 1.77 bits per heavy atom. The van der Waals surface area contributed by atoms with Crippen LogP contribution in [-0.4, -0.2) is 101 Å². The van der Waals surface area contributed by atoms with Crippen LogP contribution in [0, 0.1) is 11.8 Å². The average Bonchev–Trinajstić information content (AvgIpc) is 3.90. The highest BCUT2D eigenvalue weighted by Crippen LogP contribution is 2.68. The number of ether oxygens (including phenoxy) is 1. The SMILES string of the molecule is C=CCN(Cn1nnc2ccccc21)C(=O)C1N([C@@H](CO)Cc2ccccc2)C(=O)[C@@H]2[C@H](C(=O)N(CC=C)c3ccc(OCC)cc3)[C@H]3SC12CC3Br. The molecule has 1 aromatic heterocycles. The van der Waals surface area contributed by atoms with Crippen molar-refractivity contribution in [2.24, 2.45) is 11.8 Å². The van der Waals surface area contributed by atoms with Gasteiger partial charge in [-0.15, -0.1) is 30.0 Å². The summed E-state index contributed by atoms with van der Waals surface area (Å²) in [6, 6.07) is 22.8. The summed E-state index contributed by atoms with van der Waals surface area (Å²) in [4.78, 5) is 50.1. The Kier molecular flexibility index (Phi) is 10.8. The number of para-hydroxylation sites is 1. The fraction of sp³-hybridized carbons (Fsp3) is 0.375. The molecule has 11 nitrogen and oxygen atoms in total. The number of nitrogens with zero attached hydrogens (tertiary/aromatic N) is 6. The molecule has 13 heteroatoms. The second-order valence-electron chi connectivity index (χ2n) is 13.7. The molecule has 53 heavy (non-hydrogen) atoms. The highest BCUT2D eigenvalue weighted by Gasteiger charge is 2.76. The molecule has 3 aromatic carbocycles. The van der Waals surface area contributed by atoms with E-state index in [1.54, 1.807) is 43.3 Å². The lowest BCUT2D eigenvalue weighted by Crippen LogP contribution is -2.58. The molecule has 1 spiro atoms. The van der Waals surface area contributed by atoms with Gasteiger partial charge in [-0.3, -0.25) is 14.4 Å². The van der Waals surface area contributed by atoms with E-state index >= 15 is 9.59 Å². The van der Waals surface area contributed by atoms with Crippen LogP contribution in [0.2, 0.25) is 0 Å². The van der Waals surface area contributed by atoms with Crippen molar-refractivity contribution in [3.8, 4) is 5.75 Å². The van der Waals surface area contributed by atoms with Gasteiger partial charge in [-0.2, -0.15) is 0 Å². The van der Waals surface area contributed by atoms with Gasteiger partial charge in [0.2, 0.25) is 17.7 Å². The minimum atomic E-state index is -0.971. The number of hydrogen-bond donors (Lipinski definition) is 1. The molecule has 3 aliphatic heterocycles. The summed E-state index contributed by atoms with van der Waals surface area (Å²) in [5, 5.41) is 19.4. The first kappa shape index (κ1) is 36.9. The monoisotopic (exact) mass is 798 g/mol. The number of amides is 3. The number of hydrogen-bond acceptors (Lipinski definition) is 8. The van der Waals surface area contributed by atoms with Crippen LogP contribution < -0.4 is 9.64 Å². The van der Waals surface area contributed by atoms with E-state index in [-0.39, 0.29) is 54.2 Å². The van der Waals surface area contributed by atoms with Crippen LogP contribution >= 0.6 is 27.7 Å². The third-order valence-corrected chi connectivity index (χ3v) is 13.8. The number of benzene rings is 3. The summed E-state index contributed by atoms with van der Waals surface area (Å²) < 4.78 is 6.37. The molecular formula is C40H43BrN6O5S. The Morgan fingerprint density at radius 1 is 1.06 bits per heavy atom. The second-order valence-corrected chi connectivity index (χ2v) is 16.4. The van der Waals surface area contributed by atoms with Gasteiger partial charge in [0, 0.05) is 28.9 Å². The number of aromatic nitrogens is 3. The van der Waals surface area contributed by atoms with Crippen molar-refractivity contribution in [1.82, 2.24) is 24.8 Å². The number of halogens is 1. The molecule has 4 heterocycles. The number of likely N-dealkylation sites (tertiary alicyclic amines) is 1. The van der Waals surface area contributed by atoms with Crippen molar-refractivity contribution >= 4 is 62.1 Å². The van der Waals surface area contributed by atoms with E-state index in [1.807, 2.05) is 85.8 Å². The van der Waals surface area contributed by atoms with E-state index < -0.39 is 28.7 Å². The maximum absolute atomic E-state index is 15.3. The number of anilines is 1. The molecule has 4 aromatic rings. The zero-order valence-corrected chi connectivity index (χ0v) is 31.9. The van der Waals surface area contributed by atoms with E-state index in [0.717, 1.165) is 11.1 Å². The molecule has 0 radical (unpaired) electrons. The molecule has 276 valence electrons. The van der Waals surface area contributed by atoms with Gasteiger partial charge in [0.1, 0.15) is 24.0 Å². The first-order valence-corrected chi connectivity index (χ1v) is 19.7. The standard InChI is InChI=1S/C40H43BrN6O5S/c1-4-20-44(25-46-32-15-11-10-14-31(32)42-43-46)39(51)36-40-23-30(41)35(53-40)33(37(49)45(21-5-2)27-16-18-29(19-17-27)52-6-3)34(40)38(50)47(36)28(24-48)22-26-12-8-7-9-13-26/h4-5,7-19,28,30,33-36,48H,1-2,6,20-25H2,3H3/t28-,30?,33+,34+,35+,36?,40?/m1/s1. The molecule has 0 saturated carbocycles. The molecule has 7 rings (SSSR count). The summed E-state index contributed by atoms with van der Waals surface area (Å²) in [6.07, 6.45) is 4.17. The van der Waals surface area contributed by atoms with Crippen LogP contribution in [0.4, 0.5) is 5.69 Å². The first-order valence-electron chi connectivity index (χ1n) is 17.9. The fourth-order valence-corrected chi connectivity index (χ4v) is 12.0. The zero-order chi connectivity index (χ0) is 37.3. The van der Waals surface area contributed by atoms with Crippen molar-refractivity contribution in [2.45, 2.75) is 53.3 Å². The van der Waals surface area contributed by atoms with E-state index in [2.05, 4.69) is 39.4 Å². The third-order valence-electron chi connectivity index (χ3n) is 10.6. The Hall–Kier alpha value is -4.46. The molecular weight excluding hydrogens is 756 g/mol. The summed E-state index contributed by atoms with van der Waals surface area (Å²) in [6.45, 7) is 10.4. The van der Waals surface area contributed by atoms with Crippen molar-refractivity contribution < 1.29 is 24.2 Å². The Morgan fingerprint density at radius 3 is 2.47 bits per heavy atom. The van der Waals surface area contributed by atoms with E-state index in [9.17, 15) is 9.90 Å². The molecule has 0 aliphatic carbocycles. The average molecular weight is 800 g/mol. The zero-order valence-electron chi connectivity index (χ0n) is 29.5. The molecule has 3 fully saturated rings. The lowest BCUT2D eigenvalue weighted by Gasteiger charge is -2.40. The predicted molar refractivity (Wildman–Crippen MR) is 210 cm³/mol. The molecule has 1 N–H and O–H groups in total. The maximum Gasteiger partial charge on any atom is 0.248 e. The van der Waals surface area contributed by atoms with Crippen LogP contribution in [0.5, 0.6) is 5.75 Å². The predicted octanol–water partition coefficient (Wildman–Crippen LogP) is 5.09. The number of thioether (sulfide) groups is 1. The van der Waals surface area contributed by atoms with Crippen LogP contribution in [0.3, 0.4) is 0 Å². The molecule has 3 unspecified atom stereocenters. The van der Waals surface area contributed by atoms with Crippen LogP contribution in [-0.2, 0) is 27.5 Å². The Balaban J connectivity index is 1.30. The number of aliphatic hydroxyl groups excluding tert-OH is 1. The third kappa shape index (κ3) is 6.57. The smallest absolute Gasteiger partial charge is 0.248 e. The maximum atomic E-state index is 15.3. The lowest BCUT2D eigenvalue weighted by atomic mass is 9.70. The number of carbonyl (C=O) groups excluding carboxylic acids is 3. The fourth-order valence-electron chi connectivity index (χ4n) is 8.41. The number of carbonyl (C=O) groups is 3. The minimum absolute atomic E-state index is 0.0756. The largest absolute Gasteiger partial charge is 0.494 e. The lowest BCUT2D eigenvalue weighted by molar-refractivity contribution is -0.146. The van der Waals surface area contributed by atoms with Crippen molar-refractivity contribution in [2.75, 3.05) is 31.2 Å². The van der Waals surface area contributed by atoms with E-state index in [4.69, 9.17) is 4.74 Å². The highest BCUT2D eigenvalue weighted by molar-refractivity contribution is 9.09. The van der Waals surface area contributed by atoms with Crippen LogP contribution in [0.15, 0.2) is 104 Å². The van der Waals surface area contributed by atoms with E-state index in [0.29, 0.717) is 36.4 Å². The van der Waals surface area contributed by atoms with Crippen LogP contribution in [0.25, 0.3) is 11.0 Å². The number of aliphatic hydroxyl groups is 1. The summed E-state index contributed by atoms with van der Waals surface area (Å²) in [5.74, 6) is -1.63. The first-order chi connectivity index (χ1) is 25.8. The van der Waals surface area contributed by atoms with Gasteiger partial charge in [0.15, 0.2) is 0 Å². The van der Waals surface area contributed by atoms with Gasteiger partial charge < -0.3 is 24.5 Å². The molecule has 3 saturated heterocycles. The van der Waals surface area contributed by atoms with Crippen molar-refractivity contribution in [1.29, 1.82) is 0 Å². The summed E-state index contributed by atoms with van der Waals surface area (Å²) in [7, 11) is 0. The Bertz CT molecular complexity index is 1990. The minimum Gasteiger partial charge on any atom is -0.494 e. The van der Waals surface area contributed by atoms with Gasteiger partial charge in [0.25, 0.3) is 0 Å². The van der Waals surface area contributed by atoms with E-state index in [1.165, 1.54) is 0 Å². The molecule has 3 amide bonds. The summed E-state index contributed by atoms with van der Waals surface area (Å²) in [5.41, 5.74) is 3.05. The Labute approximate surface area is 321 Å². The second kappa shape index (κ2) is 15.5. The highest BCUT2D eigenvalue weighted by atomic mass is 79.9. The van der Waals surface area contributed by atoms with Crippen molar-refractivity contribution in [3.63, 3.8) is 0 Å². The molecule has 2 bridgehead atoms. The number of rotatable bonds is 15. The van der Waals surface area contributed by atoms with Gasteiger partial charge >= 0.3 is 0 Å². The quantitative estimate of drug-likeness (QED) is 0.131.